The average Bonchev–Trinajstić information content (AvgIpc) is 2.66. The number of rotatable bonds is 15. The first-order chi connectivity index (χ1) is 13.5. The Kier molecular flexibility index (Phi) is 16.3. The quantitative estimate of drug-likeness (QED) is 0.207. The van der Waals surface area contributed by atoms with Gasteiger partial charge in [0.25, 0.3) is 0 Å². The van der Waals surface area contributed by atoms with Crippen LogP contribution in [-0.4, -0.2) is 43.3 Å². The second kappa shape index (κ2) is 17.4. The number of amides is 1. The molecule has 28 heavy (non-hydrogen) atoms. The van der Waals surface area contributed by atoms with E-state index in [0.717, 1.165) is 12.8 Å². The SMILES string of the molecule is CC#CCOC(=O)N(C)C(C(=O)OCCCCCCCCCCCC)C(C)C. The van der Waals surface area contributed by atoms with Crippen LogP contribution in [0.3, 0.4) is 0 Å². The zero-order chi connectivity index (χ0) is 21.2. The third-order valence-electron chi connectivity index (χ3n) is 4.77. The zero-order valence-electron chi connectivity index (χ0n) is 18.7. The molecule has 0 rings (SSSR count). The number of nitrogens with zero attached hydrogens (tertiary/aromatic N) is 1. The molecule has 0 fully saturated rings. The van der Waals surface area contributed by atoms with E-state index < -0.39 is 12.1 Å². The van der Waals surface area contributed by atoms with E-state index in [2.05, 4.69) is 18.8 Å². The molecule has 0 saturated heterocycles. The van der Waals surface area contributed by atoms with Crippen LogP contribution >= 0.6 is 0 Å². The summed E-state index contributed by atoms with van der Waals surface area (Å²) < 4.78 is 10.5. The van der Waals surface area contributed by atoms with Crippen LogP contribution in [0.25, 0.3) is 0 Å². The van der Waals surface area contributed by atoms with Crippen molar-refractivity contribution in [3.05, 3.63) is 0 Å². The molecule has 0 aromatic rings. The van der Waals surface area contributed by atoms with Gasteiger partial charge in [-0.1, -0.05) is 84.5 Å². The fraction of sp³-hybridized carbons (Fsp3) is 0.826. The van der Waals surface area contributed by atoms with Crippen LogP contribution in [0.1, 0.15) is 91.9 Å². The Morgan fingerprint density at radius 2 is 1.43 bits per heavy atom. The Labute approximate surface area is 172 Å². The van der Waals surface area contributed by atoms with Crippen molar-refractivity contribution in [2.24, 2.45) is 5.92 Å². The number of hydrogen-bond donors (Lipinski definition) is 0. The molecule has 5 nitrogen and oxygen atoms in total. The number of esters is 1. The number of ether oxygens (including phenoxy) is 2. The van der Waals surface area contributed by atoms with Gasteiger partial charge < -0.3 is 9.47 Å². The largest absolute Gasteiger partial charge is 0.464 e. The minimum atomic E-state index is -0.648. The Balaban J connectivity index is 4.01. The number of carbonyl (C=O) groups excluding carboxylic acids is 2. The lowest BCUT2D eigenvalue weighted by Crippen LogP contribution is -2.46. The van der Waals surface area contributed by atoms with Crippen LogP contribution in [0.4, 0.5) is 4.79 Å². The first-order valence-electron chi connectivity index (χ1n) is 10.9. The highest BCUT2D eigenvalue weighted by Crippen LogP contribution is 2.14. The molecule has 5 heteroatoms. The van der Waals surface area contributed by atoms with E-state index in [1.807, 2.05) is 13.8 Å². The minimum Gasteiger partial charge on any atom is -0.464 e. The highest BCUT2D eigenvalue weighted by molar-refractivity contribution is 5.81. The van der Waals surface area contributed by atoms with Crippen molar-refractivity contribution in [1.82, 2.24) is 4.90 Å². The molecular formula is C23H41NO4. The van der Waals surface area contributed by atoms with Crippen LogP contribution < -0.4 is 0 Å². The minimum absolute atomic E-state index is 0.0259. The van der Waals surface area contributed by atoms with E-state index in [4.69, 9.17) is 9.47 Å². The highest BCUT2D eigenvalue weighted by Gasteiger charge is 2.31. The van der Waals surface area contributed by atoms with E-state index in [0.29, 0.717) is 6.61 Å². The highest BCUT2D eigenvalue weighted by atomic mass is 16.6. The van der Waals surface area contributed by atoms with Gasteiger partial charge in [0.1, 0.15) is 6.04 Å². The van der Waals surface area contributed by atoms with Gasteiger partial charge in [0.2, 0.25) is 0 Å². The maximum Gasteiger partial charge on any atom is 0.411 e. The molecule has 0 radical (unpaired) electrons. The molecule has 0 aliphatic carbocycles. The first-order valence-corrected chi connectivity index (χ1v) is 10.9. The first kappa shape index (κ1) is 26.3. The fourth-order valence-electron chi connectivity index (χ4n) is 3.11. The molecular weight excluding hydrogens is 354 g/mol. The molecule has 162 valence electrons. The molecule has 0 saturated carbocycles. The molecule has 0 spiro atoms. The maximum atomic E-state index is 12.4. The van der Waals surface area contributed by atoms with Gasteiger partial charge in [-0.25, -0.2) is 9.59 Å². The summed E-state index contributed by atoms with van der Waals surface area (Å²) in [5.41, 5.74) is 0. The molecule has 0 N–H and O–H groups in total. The summed E-state index contributed by atoms with van der Waals surface area (Å²) in [6.07, 6.45) is 11.8. The predicted octanol–water partition coefficient (Wildman–Crippen LogP) is 5.57. The van der Waals surface area contributed by atoms with Crippen molar-refractivity contribution in [1.29, 1.82) is 0 Å². The summed E-state index contributed by atoms with van der Waals surface area (Å²) in [5, 5.41) is 0. The second-order valence-corrected chi connectivity index (χ2v) is 7.63. The molecule has 0 aromatic carbocycles. The lowest BCUT2D eigenvalue weighted by Gasteiger charge is -2.28. The molecule has 0 bridgehead atoms. The van der Waals surface area contributed by atoms with Crippen molar-refractivity contribution in [3.8, 4) is 11.8 Å². The van der Waals surface area contributed by atoms with E-state index in [-0.39, 0.29) is 18.5 Å². The monoisotopic (exact) mass is 395 g/mol. The summed E-state index contributed by atoms with van der Waals surface area (Å²) in [4.78, 5) is 25.8. The number of carbonyl (C=O) groups is 2. The van der Waals surface area contributed by atoms with Crippen molar-refractivity contribution in [3.63, 3.8) is 0 Å². The van der Waals surface area contributed by atoms with E-state index in [1.165, 1.54) is 56.3 Å². The molecule has 1 atom stereocenters. The van der Waals surface area contributed by atoms with Gasteiger partial charge >= 0.3 is 12.1 Å². The van der Waals surface area contributed by atoms with Gasteiger partial charge in [-0.05, 0) is 19.3 Å². The van der Waals surface area contributed by atoms with Crippen LogP contribution in [0, 0.1) is 17.8 Å². The smallest absolute Gasteiger partial charge is 0.411 e. The Morgan fingerprint density at radius 1 is 0.893 bits per heavy atom. The Morgan fingerprint density at radius 3 is 1.93 bits per heavy atom. The fourth-order valence-corrected chi connectivity index (χ4v) is 3.11. The molecule has 0 heterocycles. The third kappa shape index (κ3) is 12.6. The standard InChI is InChI=1S/C23H41NO4/c1-6-8-10-11-12-13-14-15-16-17-19-27-22(25)21(20(3)4)24(5)23(26)28-18-9-7-2/h20-21H,6,8,10-19H2,1-5H3. The van der Waals surface area contributed by atoms with Crippen molar-refractivity contribution in [2.45, 2.75) is 97.9 Å². The topological polar surface area (TPSA) is 55.8 Å². The summed E-state index contributed by atoms with van der Waals surface area (Å²) in [7, 11) is 1.56. The normalized spacial score (nSPS) is 11.5. The molecule has 1 unspecified atom stereocenters. The number of unbranched alkanes of at least 4 members (excludes halogenated alkanes) is 9. The maximum absolute atomic E-state index is 12.4. The molecule has 0 aliphatic heterocycles. The Hall–Kier alpha value is -1.70. The molecule has 1 amide bonds. The van der Waals surface area contributed by atoms with Gasteiger partial charge in [0.05, 0.1) is 6.61 Å². The van der Waals surface area contributed by atoms with Gasteiger partial charge in [-0.15, -0.1) is 5.92 Å². The molecule has 0 aromatic heterocycles. The van der Waals surface area contributed by atoms with Gasteiger partial charge in [-0.2, -0.15) is 0 Å². The van der Waals surface area contributed by atoms with Gasteiger partial charge in [0.15, 0.2) is 6.61 Å². The van der Waals surface area contributed by atoms with Gasteiger partial charge in [0, 0.05) is 7.05 Å². The Bertz CT molecular complexity index is 479. The number of hydrogen-bond acceptors (Lipinski definition) is 4. The summed E-state index contributed by atoms with van der Waals surface area (Å²) in [6.45, 7) is 8.13. The third-order valence-corrected chi connectivity index (χ3v) is 4.77. The van der Waals surface area contributed by atoms with E-state index in [1.54, 1.807) is 14.0 Å². The van der Waals surface area contributed by atoms with E-state index >= 15 is 0 Å². The van der Waals surface area contributed by atoms with Crippen LogP contribution in [0.15, 0.2) is 0 Å². The van der Waals surface area contributed by atoms with Crippen molar-refractivity contribution >= 4 is 12.1 Å². The second-order valence-electron chi connectivity index (χ2n) is 7.63. The van der Waals surface area contributed by atoms with E-state index in [9.17, 15) is 9.59 Å². The van der Waals surface area contributed by atoms with Crippen molar-refractivity contribution < 1.29 is 19.1 Å². The van der Waals surface area contributed by atoms with Crippen LogP contribution in [-0.2, 0) is 14.3 Å². The summed E-state index contributed by atoms with van der Waals surface area (Å²) in [5.74, 6) is 4.91. The summed E-state index contributed by atoms with van der Waals surface area (Å²) >= 11 is 0. The van der Waals surface area contributed by atoms with Gasteiger partial charge in [-0.3, -0.25) is 4.90 Å². The van der Waals surface area contributed by atoms with Crippen LogP contribution in [0.2, 0.25) is 0 Å². The van der Waals surface area contributed by atoms with Crippen LogP contribution in [0.5, 0.6) is 0 Å². The summed E-state index contributed by atoms with van der Waals surface area (Å²) in [6, 6.07) is -0.648. The van der Waals surface area contributed by atoms with Crippen molar-refractivity contribution in [2.75, 3.05) is 20.3 Å². The average molecular weight is 396 g/mol. The lowest BCUT2D eigenvalue weighted by atomic mass is 10.0. The zero-order valence-corrected chi connectivity index (χ0v) is 18.7. The lowest BCUT2D eigenvalue weighted by molar-refractivity contribution is -0.150. The number of likely N-dealkylation sites (N-methyl/N-ethyl adjacent to an activating group) is 1. The predicted molar refractivity (Wildman–Crippen MR) is 114 cm³/mol. The molecule has 0 aliphatic rings.